The zero-order valence-electron chi connectivity index (χ0n) is 13.4. The summed E-state index contributed by atoms with van der Waals surface area (Å²) in [5.41, 5.74) is 3.86. The Hall–Kier alpha value is -3.94. The van der Waals surface area contributed by atoms with Crippen molar-refractivity contribution in [1.29, 1.82) is 0 Å². The molecule has 3 aromatic rings. The number of carbonyl (C=O) groups is 1. The minimum absolute atomic E-state index is 0.00561. The molecule has 1 heterocycles. The van der Waals surface area contributed by atoms with E-state index in [0.717, 1.165) is 0 Å². The smallest absolute Gasteiger partial charge is 0.275 e. The molecule has 0 radical (unpaired) electrons. The molecule has 8 heteroatoms. The number of non-ortho nitro benzene ring substituents is 1. The summed E-state index contributed by atoms with van der Waals surface area (Å²) in [6.07, 6.45) is 3.21. The number of hydrogen-bond acceptors (Lipinski definition) is 5. The zero-order valence-corrected chi connectivity index (χ0v) is 13.4. The van der Waals surface area contributed by atoms with Crippen molar-refractivity contribution in [3.63, 3.8) is 0 Å². The van der Waals surface area contributed by atoms with Gasteiger partial charge in [0.15, 0.2) is 0 Å². The van der Waals surface area contributed by atoms with Gasteiger partial charge in [-0.25, -0.2) is 5.43 Å². The van der Waals surface area contributed by atoms with E-state index in [2.05, 4.69) is 10.5 Å². The Bertz CT molecular complexity index is 977. The van der Waals surface area contributed by atoms with E-state index in [1.807, 2.05) is 0 Å². The predicted molar refractivity (Wildman–Crippen MR) is 95.6 cm³/mol. The normalized spacial score (nSPS) is 10.8. The van der Waals surface area contributed by atoms with Crippen molar-refractivity contribution in [2.45, 2.75) is 0 Å². The first kappa shape index (κ1) is 16.9. The third-order valence-corrected chi connectivity index (χ3v) is 3.63. The van der Waals surface area contributed by atoms with Gasteiger partial charge in [0, 0.05) is 24.0 Å². The van der Waals surface area contributed by atoms with Gasteiger partial charge in [0.05, 0.1) is 22.4 Å². The molecule has 0 saturated heterocycles. The Morgan fingerprint density at radius 3 is 2.54 bits per heavy atom. The molecule has 0 aliphatic carbocycles. The minimum atomic E-state index is -0.534. The number of rotatable bonds is 5. The molecule has 0 aliphatic heterocycles. The first-order chi connectivity index (χ1) is 12.6. The molecule has 0 spiro atoms. The van der Waals surface area contributed by atoms with Gasteiger partial charge in [-0.1, -0.05) is 12.1 Å². The molecule has 130 valence electrons. The van der Waals surface area contributed by atoms with Crippen LogP contribution in [0.2, 0.25) is 0 Å². The molecule has 1 amide bonds. The third-order valence-electron chi connectivity index (χ3n) is 3.63. The molecule has 2 aromatic carbocycles. The van der Waals surface area contributed by atoms with E-state index < -0.39 is 10.8 Å². The van der Waals surface area contributed by atoms with E-state index in [1.54, 1.807) is 47.2 Å². The van der Waals surface area contributed by atoms with Gasteiger partial charge < -0.3 is 9.67 Å². The van der Waals surface area contributed by atoms with Crippen LogP contribution in [0.3, 0.4) is 0 Å². The molecular weight excluding hydrogens is 336 g/mol. The zero-order chi connectivity index (χ0) is 18.5. The average Bonchev–Trinajstić information content (AvgIpc) is 3.10. The molecule has 26 heavy (non-hydrogen) atoms. The van der Waals surface area contributed by atoms with Crippen LogP contribution in [0.15, 0.2) is 72.0 Å². The van der Waals surface area contributed by atoms with Crippen molar-refractivity contribution in [3.8, 4) is 11.4 Å². The highest BCUT2D eigenvalue weighted by Crippen LogP contribution is 2.17. The summed E-state index contributed by atoms with van der Waals surface area (Å²) in [5, 5.41) is 24.3. The Labute approximate surface area is 148 Å². The van der Waals surface area contributed by atoms with E-state index in [4.69, 9.17) is 0 Å². The van der Waals surface area contributed by atoms with Crippen molar-refractivity contribution in [1.82, 2.24) is 9.99 Å². The number of nitro groups is 1. The number of carbonyl (C=O) groups excluding carboxylic acids is 1. The van der Waals surface area contributed by atoms with Crippen LogP contribution in [-0.2, 0) is 0 Å². The Morgan fingerprint density at radius 2 is 1.85 bits per heavy atom. The number of phenolic OH excluding ortho intramolecular Hbond substituents is 1. The van der Waals surface area contributed by atoms with Gasteiger partial charge in [0.1, 0.15) is 5.75 Å². The van der Waals surface area contributed by atoms with E-state index >= 15 is 0 Å². The minimum Gasteiger partial charge on any atom is -0.507 e. The lowest BCUT2D eigenvalue weighted by molar-refractivity contribution is -0.384. The second-order valence-electron chi connectivity index (χ2n) is 5.29. The van der Waals surface area contributed by atoms with E-state index in [-0.39, 0.29) is 17.0 Å². The molecule has 2 N–H and O–H groups in total. The number of nitrogens with one attached hydrogen (secondary N) is 1. The molecule has 0 atom stereocenters. The Kier molecular flexibility index (Phi) is 4.75. The van der Waals surface area contributed by atoms with E-state index in [0.29, 0.717) is 11.4 Å². The number of aromatic nitrogens is 1. The molecule has 8 nitrogen and oxygen atoms in total. The van der Waals surface area contributed by atoms with Crippen LogP contribution >= 0.6 is 0 Å². The van der Waals surface area contributed by atoms with Gasteiger partial charge in [0.2, 0.25) is 0 Å². The fourth-order valence-electron chi connectivity index (χ4n) is 2.35. The first-order valence-electron chi connectivity index (χ1n) is 7.60. The summed E-state index contributed by atoms with van der Waals surface area (Å²) in [6, 6.07) is 15.8. The second-order valence-corrected chi connectivity index (χ2v) is 5.29. The number of amides is 1. The van der Waals surface area contributed by atoms with Gasteiger partial charge in [0.25, 0.3) is 11.6 Å². The van der Waals surface area contributed by atoms with E-state index in [9.17, 15) is 20.0 Å². The number of nitrogens with zero attached hydrogens (tertiary/aromatic N) is 3. The summed E-state index contributed by atoms with van der Waals surface area (Å²) < 4.78 is 1.76. The standard InChI is InChI=1S/C18H14N4O4/c23-17-6-2-1-5-16(17)18(24)20-19-12-15-4-3-11-21(15)13-7-9-14(10-8-13)22(25)26/h1-12,23H,(H,20,24). The number of benzene rings is 2. The van der Waals surface area contributed by atoms with Crippen LogP contribution in [0.25, 0.3) is 5.69 Å². The van der Waals surface area contributed by atoms with Crippen molar-refractivity contribution in [2.24, 2.45) is 5.10 Å². The lowest BCUT2D eigenvalue weighted by Crippen LogP contribution is -2.17. The monoisotopic (exact) mass is 350 g/mol. The maximum atomic E-state index is 12.0. The Morgan fingerprint density at radius 1 is 1.12 bits per heavy atom. The molecule has 1 aromatic heterocycles. The van der Waals surface area contributed by atoms with Crippen LogP contribution in [0, 0.1) is 10.1 Å². The second kappa shape index (κ2) is 7.31. The number of hydrogen-bond donors (Lipinski definition) is 2. The molecule has 0 fully saturated rings. The van der Waals surface area contributed by atoms with Crippen LogP contribution in [-0.4, -0.2) is 26.7 Å². The first-order valence-corrected chi connectivity index (χ1v) is 7.60. The van der Waals surface area contributed by atoms with Crippen molar-refractivity contribution in [2.75, 3.05) is 0 Å². The quantitative estimate of drug-likeness (QED) is 0.419. The maximum absolute atomic E-state index is 12.0. The number of para-hydroxylation sites is 1. The van der Waals surface area contributed by atoms with E-state index in [1.165, 1.54) is 30.5 Å². The molecule has 0 bridgehead atoms. The molecule has 3 rings (SSSR count). The van der Waals surface area contributed by atoms with Gasteiger partial charge >= 0.3 is 0 Å². The average molecular weight is 350 g/mol. The highest BCUT2D eigenvalue weighted by atomic mass is 16.6. The highest BCUT2D eigenvalue weighted by Gasteiger charge is 2.09. The molecular formula is C18H14N4O4. The SMILES string of the molecule is O=C(NN=Cc1cccn1-c1ccc([N+](=O)[O-])cc1)c1ccccc1O. The number of nitro benzene ring substituents is 1. The predicted octanol–water partition coefficient (Wildman–Crippen LogP) is 2.86. The summed E-state index contributed by atoms with van der Waals surface area (Å²) in [7, 11) is 0. The van der Waals surface area contributed by atoms with Crippen molar-refractivity contribution < 1.29 is 14.8 Å². The third kappa shape index (κ3) is 3.59. The molecule has 0 saturated carbocycles. The summed E-state index contributed by atoms with van der Waals surface area (Å²) in [4.78, 5) is 22.3. The maximum Gasteiger partial charge on any atom is 0.275 e. The van der Waals surface area contributed by atoms with Crippen LogP contribution in [0.1, 0.15) is 16.1 Å². The lowest BCUT2D eigenvalue weighted by Gasteiger charge is -2.06. The summed E-state index contributed by atoms with van der Waals surface area (Å²) in [5.74, 6) is -0.665. The lowest BCUT2D eigenvalue weighted by atomic mass is 10.2. The van der Waals surface area contributed by atoms with Gasteiger partial charge in [-0.3, -0.25) is 14.9 Å². The Balaban J connectivity index is 1.74. The van der Waals surface area contributed by atoms with Crippen LogP contribution in [0.5, 0.6) is 5.75 Å². The van der Waals surface area contributed by atoms with Gasteiger partial charge in [-0.2, -0.15) is 5.10 Å². The van der Waals surface area contributed by atoms with Gasteiger partial charge in [-0.05, 0) is 36.4 Å². The topological polar surface area (TPSA) is 110 Å². The summed E-state index contributed by atoms with van der Waals surface area (Å²) in [6.45, 7) is 0. The fourth-order valence-corrected chi connectivity index (χ4v) is 2.35. The number of hydrazone groups is 1. The molecule has 0 aliphatic rings. The van der Waals surface area contributed by atoms with Crippen LogP contribution < -0.4 is 5.43 Å². The fraction of sp³-hybridized carbons (Fsp3) is 0. The summed E-state index contributed by atoms with van der Waals surface area (Å²) >= 11 is 0. The molecule has 0 unspecified atom stereocenters. The van der Waals surface area contributed by atoms with Crippen LogP contribution in [0.4, 0.5) is 5.69 Å². The number of phenols is 1. The van der Waals surface area contributed by atoms with Gasteiger partial charge in [-0.15, -0.1) is 0 Å². The van der Waals surface area contributed by atoms with Crippen molar-refractivity contribution >= 4 is 17.8 Å². The van der Waals surface area contributed by atoms with Crippen molar-refractivity contribution in [3.05, 3.63) is 88.2 Å². The number of aromatic hydroxyl groups is 1. The largest absolute Gasteiger partial charge is 0.507 e. The highest BCUT2D eigenvalue weighted by molar-refractivity contribution is 5.97.